The molecule has 2 amide bonds. The monoisotopic (exact) mass is 328 g/mol. The number of rotatable bonds is 5. The molecule has 0 radical (unpaired) electrons. The highest BCUT2D eigenvalue weighted by atomic mass is 16.5. The summed E-state index contributed by atoms with van der Waals surface area (Å²) >= 11 is 0. The number of aromatic nitrogens is 2. The van der Waals surface area contributed by atoms with Crippen molar-refractivity contribution in [2.24, 2.45) is 5.92 Å². The van der Waals surface area contributed by atoms with E-state index < -0.39 is 0 Å². The minimum atomic E-state index is -0.173. The maximum Gasteiger partial charge on any atom is 0.319 e. The van der Waals surface area contributed by atoms with E-state index in [4.69, 9.17) is 4.74 Å². The second kappa shape index (κ2) is 7.49. The first kappa shape index (κ1) is 16.5. The fraction of sp³-hybridized carbons (Fsp3) is 0.444. The molecule has 128 valence electrons. The summed E-state index contributed by atoms with van der Waals surface area (Å²) in [5, 5.41) is 5.77. The van der Waals surface area contributed by atoms with Crippen LogP contribution in [-0.2, 0) is 4.74 Å². The Morgan fingerprint density at radius 1 is 1.42 bits per heavy atom. The number of nitrogens with one attached hydrogen (secondary N) is 2. The SMILES string of the molecule is Cc1nccn1[C@H](C)c1ccc(NC(=O)NC[C@@H]2CCOC2)cc1. The second-order valence-electron chi connectivity index (χ2n) is 6.24. The zero-order valence-electron chi connectivity index (χ0n) is 14.2. The molecular weight excluding hydrogens is 304 g/mol. The summed E-state index contributed by atoms with van der Waals surface area (Å²) in [5.41, 5.74) is 1.96. The topological polar surface area (TPSA) is 68.2 Å². The van der Waals surface area contributed by atoms with Gasteiger partial charge in [0, 0.05) is 37.2 Å². The van der Waals surface area contributed by atoms with Crippen molar-refractivity contribution >= 4 is 11.7 Å². The van der Waals surface area contributed by atoms with Crippen LogP contribution in [0.4, 0.5) is 10.5 Å². The third-order valence-electron chi connectivity index (χ3n) is 4.51. The number of hydrogen-bond donors (Lipinski definition) is 2. The van der Waals surface area contributed by atoms with E-state index in [0.29, 0.717) is 12.5 Å². The summed E-state index contributed by atoms with van der Waals surface area (Å²) in [5.74, 6) is 1.41. The average molecular weight is 328 g/mol. The van der Waals surface area contributed by atoms with E-state index in [-0.39, 0.29) is 12.1 Å². The number of carbonyl (C=O) groups excluding carboxylic acids is 1. The van der Waals surface area contributed by atoms with Gasteiger partial charge in [0.2, 0.25) is 0 Å². The lowest BCUT2D eigenvalue weighted by molar-refractivity contribution is 0.185. The molecule has 1 aromatic carbocycles. The van der Waals surface area contributed by atoms with Crippen LogP contribution in [0.3, 0.4) is 0 Å². The molecule has 0 aliphatic carbocycles. The largest absolute Gasteiger partial charge is 0.381 e. The third-order valence-corrected chi connectivity index (χ3v) is 4.51. The summed E-state index contributed by atoms with van der Waals surface area (Å²) < 4.78 is 7.43. The first-order valence-corrected chi connectivity index (χ1v) is 8.35. The number of urea groups is 1. The van der Waals surface area contributed by atoms with Crippen LogP contribution in [0.5, 0.6) is 0 Å². The van der Waals surface area contributed by atoms with Crippen LogP contribution in [0.2, 0.25) is 0 Å². The van der Waals surface area contributed by atoms with Crippen molar-refractivity contribution in [3.05, 3.63) is 48.0 Å². The van der Waals surface area contributed by atoms with E-state index in [2.05, 4.69) is 27.1 Å². The van der Waals surface area contributed by atoms with Gasteiger partial charge in [-0.05, 0) is 38.0 Å². The number of ether oxygens (including phenoxy) is 1. The Morgan fingerprint density at radius 3 is 2.83 bits per heavy atom. The van der Waals surface area contributed by atoms with Crippen molar-refractivity contribution < 1.29 is 9.53 Å². The minimum Gasteiger partial charge on any atom is -0.381 e. The normalized spacial score (nSPS) is 18.3. The predicted molar refractivity (Wildman–Crippen MR) is 93.2 cm³/mol. The molecule has 0 bridgehead atoms. The molecular formula is C18H24N4O2. The van der Waals surface area contributed by atoms with E-state index in [0.717, 1.165) is 31.1 Å². The summed E-state index contributed by atoms with van der Waals surface area (Å²) in [6.07, 6.45) is 4.80. The number of amides is 2. The number of imidazole rings is 1. The Morgan fingerprint density at radius 2 is 2.21 bits per heavy atom. The molecule has 2 aromatic rings. The molecule has 1 aliphatic rings. The van der Waals surface area contributed by atoms with Crippen LogP contribution in [-0.4, -0.2) is 35.3 Å². The molecule has 1 fully saturated rings. The van der Waals surface area contributed by atoms with E-state index in [9.17, 15) is 4.79 Å². The van der Waals surface area contributed by atoms with Gasteiger partial charge in [0.25, 0.3) is 0 Å². The van der Waals surface area contributed by atoms with Crippen molar-refractivity contribution in [1.29, 1.82) is 0 Å². The number of hydrogen-bond acceptors (Lipinski definition) is 3. The van der Waals surface area contributed by atoms with E-state index in [1.165, 1.54) is 5.56 Å². The molecule has 1 aromatic heterocycles. The lowest BCUT2D eigenvalue weighted by atomic mass is 10.1. The van der Waals surface area contributed by atoms with Crippen molar-refractivity contribution in [3.8, 4) is 0 Å². The average Bonchev–Trinajstić information content (AvgIpc) is 3.24. The van der Waals surface area contributed by atoms with Gasteiger partial charge in [-0.1, -0.05) is 12.1 Å². The van der Waals surface area contributed by atoms with Gasteiger partial charge < -0.3 is 19.9 Å². The molecule has 6 heteroatoms. The Labute approximate surface area is 142 Å². The first-order chi connectivity index (χ1) is 11.6. The number of carbonyl (C=O) groups is 1. The fourth-order valence-corrected chi connectivity index (χ4v) is 2.96. The number of nitrogens with zero attached hydrogens (tertiary/aromatic N) is 2. The molecule has 1 saturated heterocycles. The highest BCUT2D eigenvalue weighted by molar-refractivity contribution is 5.89. The molecule has 3 rings (SSSR count). The summed E-state index contributed by atoms with van der Waals surface area (Å²) in [4.78, 5) is 16.2. The lowest BCUT2D eigenvalue weighted by Gasteiger charge is -2.16. The van der Waals surface area contributed by atoms with Gasteiger partial charge in [0.05, 0.1) is 12.6 Å². The Balaban J connectivity index is 1.54. The first-order valence-electron chi connectivity index (χ1n) is 8.35. The molecule has 0 unspecified atom stereocenters. The molecule has 1 aliphatic heterocycles. The van der Waals surface area contributed by atoms with Crippen LogP contribution < -0.4 is 10.6 Å². The quantitative estimate of drug-likeness (QED) is 0.886. The van der Waals surface area contributed by atoms with E-state index in [1.807, 2.05) is 43.6 Å². The molecule has 0 spiro atoms. The van der Waals surface area contributed by atoms with Gasteiger partial charge in [-0.3, -0.25) is 0 Å². The maximum atomic E-state index is 11.9. The number of aryl methyl sites for hydroxylation is 1. The van der Waals surface area contributed by atoms with E-state index in [1.54, 1.807) is 0 Å². The van der Waals surface area contributed by atoms with Crippen molar-refractivity contribution in [2.45, 2.75) is 26.3 Å². The van der Waals surface area contributed by atoms with Gasteiger partial charge >= 0.3 is 6.03 Å². The van der Waals surface area contributed by atoms with Gasteiger partial charge in [-0.15, -0.1) is 0 Å². The highest BCUT2D eigenvalue weighted by Gasteiger charge is 2.16. The molecule has 2 N–H and O–H groups in total. The summed E-state index contributed by atoms with van der Waals surface area (Å²) in [6, 6.07) is 7.95. The zero-order valence-corrected chi connectivity index (χ0v) is 14.2. The highest BCUT2D eigenvalue weighted by Crippen LogP contribution is 2.21. The van der Waals surface area contributed by atoms with Crippen molar-refractivity contribution in [2.75, 3.05) is 25.1 Å². The smallest absolute Gasteiger partial charge is 0.319 e. The van der Waals surface area contributed by atoms with Crippen LogP contribution in [0.25, 0.3) is 0 Å². The van der Waals surface area contributed by atoms with Crippen LogP contribution in [0, 0.1) is 12.8 Å². The zero-order chi connectivity index (χ0) is 16.9. The molecule has 2 atom stereocenters. The Hall–Kier alpha value is -2.34. The lowest BCUT2D eigenvalue weighted by Crippen LogP contribution is -2.33. The summed E-state index contributed by atoms with van der Waals surface area (Å²) in [6.45, 7) is 6.31. The van der Waals surface area contributed by atoms with Crippen LogP contribution in [0.15, 0.2) is 36.7 Å². The number of anilines is 1. The van der Waals surface area contributed by atoms with Crippen LogP contribution in [0.1, 0.15) is 30.8 Å². The van der Waals surface area contributed by atoms with E-state index >= 15 is 0 Å². The van der Waals surface area contributed by atoms with Crippen LogP contribution >= 0.6 is 0 Å². The predicted octanol–water partition coefficient (Wildman–Crippen LogP) is 2.96. The van der Waals surface area contributed by atoms with Gasteiger partial charge in [0.1, 0.15) is 5.82 Å². The molecule has 2 heterocycles. The Bertz CT molecular complexity index is 675. The molecule has 6 nitrogen and oxygen atoms in total. The summed E-state index contributed by atoms with van der Waals surface area (Å²) in [7, 11) is 0. The standard InChI is InChI=1S/C18H24N4O2/c1-13(22-9-8-19-14(22)2)16-3-5-17(6-4-16)21-18(23)20-11-15-7-10-24-12-15/h3-6,8-9,13,15H,7,10-12H2,1-2H3,(H2,20,21,23)/t13-,15+/m1/s1. The van der Waals surface area contributed by atoms with Gasteiger partial charge in [-0.25, -0.2) is 9.78 Å². The van der Waals surface area contributed by atoms with Gasteiger partial charge in [-0.2, -0.15) is 0 Å². The second-order valence-corrected chi connectivity index (χ2v) is 6.24. The van der Waals surface area contributed by atoms with Crippen molar-refractivity contribution in [3.63, 3.8) is 0 Å². The minimum absolute atomic E-state index is 0.173. The maximum absolute atomic E-state index is 11.9. The molecule has 24 heavy (non-hydrogen) atoms. The third kappa shape index (κ3) is 3.94. The Kier molecular flexibility index (Phi) is 5.15. The van der Waals surface area contributed by atoms with Gasteiger partial charge in [0.15, 0.2) is 0 Å². The number of benzene rings is 1. The fourth-order valence-electron chi connectivity index (χ4n) is 2.96. The van der Waals surface area contributed by atoms with Crippen molar-refractivity contribution in [1.82, 2.24) is 14.9 Å². The molecule has 0 saturated carbocycles.